The number of anilines is 1. The van der Waals surface area contributed by atoms with E-state index >= 15 is 0 Å². The van der Waals surface area contributed by atoms with Gasteiger partial charge in [0.1, 0.15) is 0 Å². The molecule has 6 nitrogen and oxygen atoms in total. The Morgan fingerprint density at radius 3 is 2.38 bits per heavy atom. The number of esters is 1. The van der Waals surface area contributed by atoms with E-state index in [0.29, 0.717) is 11.1 Å². The number of sulfonamides is 1. The van der Waals surface area contributed by atoms with Crippen LogP contribution in [0.3, 0.4) is 0 Å². The van der Waals surface area contributed by atoms with Gasteiger partial charge in [-0.05, 0) is 43.7 Å². The molecular weight excluding hydrogens is 330 g/mol. The van der Waals surface area contributed by atoms with Crippen molar-refractivity contribution >= 4 is 27.5 Å². The van der Waals surface area contributed by atoms with E-state index < -0.39 is 16.0 Å². The summed E-state index contributed by atoms with van der Waals surface area (Å²) in [6, 6.07) is 10.5. The van der Waals surface area contributed by atoms with E-state index in [-0.39, 0.29) is 21.9 Å². The van der Waals surface area contributed by atoms with E-state index in [2.05, 4.69) is 9.46 Å². The summed E-state index contributed by atoms with van der Waals surface area (Å²) in [5, 5.41) is 0. The standard InChI is InChI=1S/C17H17NO5S/c1-11-7-8-14(17(20)23-3)10-16(11)24(21,22)18-15-6-4-5-13(9-15)12(2)19/h4-10,18H,1-3H3. The highest BCUT2D eigenvalue weighted by Crippen LogP contribution is 2.22. The molecule has 0 fully saturated rings. The van der Waals surface area contributed by atoms with Crippen molar-refractivity contribution in [1.29, 1.82) is 0 Å². The summed E-state index contributed by atoms with van der Waals surface area (Å²) in [7, 11) is -2.70. The van der Waals surface area contributed by atoms with Crippen molar-refractivity contribution in [2.24, 2.45) is 0 Å². The maximum Gasteiger partial charge on any atom is 0.337 e. The molecule has 0 aromatic heterocycles. The molecule has 0 aliphatic heterocycles. The van der Waals surface area contributed by atoms with Gasteiger partial charge in [-0.3, -0.25) is 9.52 Å². The van der Waals surface area contributed by atoms with Crippen molar-refractivity contribution in [3.8, 4) is 0 Å². The number of benzene rings is 2. The first-order chi connectivity index (χ1) is 11.2. The SMILES string of the molecule is COC(=O)c1ccc(C)c(S(=O)(=O)Nc2cccc(C(C)=O)c2)c1. The summed E-state index contributed by atoms with van der Waals surface area (Å²) < 4.78 is 32.3. The van der Waals surface area contributed by atoms with Crippen LogP contribution in [-0.2, 0) is 14.8 Å². The average Bonchev–Trinajstić information content (AvgIpc) is 2.54. The Bertz CT molecular complexity index is 903. The molecule has 7 heteroatoms. The summed E-state index contributed by atoms with van der Waals surface area (Å²) in [4.78, 5) is 23.0. The summed E-state index contributed by atoms with van der Waals surface area (Å²) in [5.74, 6) is -0.787. The zero-order chi connectivity index (χ0) is 17.9. The van der Waals surface area contributed by atoms with Crippen LogP contribution in [0.4, 0.5) is 5.69 Å². The van der Waals surface area contributed by atoms with Crippen molar-refractivity contribution in [1.82, 2.24) is 0 Å². The monoisotopic (exact) mass is 347 g/mol. The van der Waals surface area contributed by atoms with E-state index in [4.69, 9.17) is 0 Å². The molecule has 2 aromatic rings. The minimum absolute atomic E-state index is 0.0290. The van der Waals surface area contributed by atoms with Crippen molar-refractivity contribution in [2.75, 3.05) is 11.8 Å². The molecule has 0 saturated heterocycles. The summed E-state index contributed by atoms with van der Waals surface area (Å²) in [6.07, 6.45) is 0. The highest BCUT2D eigenvalue weighted by atomic mass is 32.2. The largest absolute Gasteiger partial charge is 0.465 e. The fourth-order valence-electron chi connectivity index (χ4n) is 2.15. The molecule has 2 aromatic carbocycles. The van der Waals surface area contributed by atoms with Crippen molar-refractivity contribution in [3.63, 3.8) is 0 Å². The van der Waals surface area contributed by atoms with Crippen LogP contribution < -0.4 is 4.72 Å². The number of methoxy groups -OCH3 is 1. The van der Waals surface area contributed by atoms with Crippen LogP contribution in [0.15, 0.2) is 47.4 Å². The van der Waals surface area contributed by atoms with E-state index in [9.17, 15) is 18.0 Å². The second kappa shape index (κ2) is 6.84. The van der Waals surface area contributed by atoms with E-state index in [1.54, 1.807) is 25.1 Å². The molecule has 0 aliphatic rings. The predicted octanol–water partition coefficient (Wildman–Crippen LogP) is 2.79. The fourth-order valence-corrected chi connectivity index (χ4v) is 3.47. The third-order valence-electron chi connectivity index (χ3n) is 3.42. The third-order valence-corrected chi connectivity index (χ3v) is 4.94. The highest BCUT2D eigenvalue weighted by Gasteiger charge is 2.20. The molecule has 126 valence electrons. The zero-order valence-electron chi connectivity index (χ0n) is 13.5. The molecule has 0 atom stereocenters. The summed E-state index contributed by atoms with van der Waals surface area (Å²) in [5.41, 5.74) is 1.29. The molecule has 0 unspecified atom stereocenters. The van der Waals surface area contributed by atoms with Gasteiger partial charge in [0, 0.05) is 11.3 Å². The number of nitrogens with one attached hydrogen (secondary N) is 1. The number of ether oxygens (including phenoxy) is 1. The molecule has 0 amide bonds. The number of carbonyl (C=O) groups excluding carboxylic acids is 2. The van der Waals surface area contributed by atoms with Gasteiger partial charge < -0.3 is 4.74 Å². The maximum atomic E-state index is 12.6. The normalized spacial score (nSPS) is 11.0. The minimum atomic E-state index is -3.92. The van der Waals surface area contributed by atoms with Gasteiger partial charge in [0.15, 0.2) is 5.78 Å². The quantitative estimate of drug-likeness (QED) is 0.663. The van der Waals surface area contributed by atoms with E-state index in [1.165, 1.54) is 38.3 Å². The molecule has 0 spiro atoms. The lowest BCUT2D eigenvalue weighted by molar-refractivity contribution is 0.0600. The molecule has 0 aliphatic carbocycles. The van der Waals surface area contributed by atoms with Gasteiger partial charge in [0.25, 0.3) is 10.0 Å². The molecule has 24 heavy (non-hydrogen) atoms. The first-order valence-electron chi connectivity index (χ1n) is 7.07. The van der Waals surface area contributed by atoms with Crippen molar-refractivity contribution in [2.45, 2.75) is 18.7 Å². The van der Waals surface area contributed by atoms with Gasteiger partial charge in [0.2, 0.25) is 0 Å². The van der Waals surface area contributed by atoms with Crippen molar-refractivity contribution in [3.05, 3.63) is 59.2 Å². The van der Waals surface area contributed by atoms with Gasteiger partial charge in [0.05, 0.1) is 17.6 Å². The Morgan fingerprint density at radius 2 is 1.75 bits per heavy atom. The molecule has 0 radical (unpaired) electrons. The highest BCUT2D eigenvalue weighted by molar-refractivity contribution is 7.92. The molecule has 0 heterocycles. The fraction of sp³-hybridized carbons (Fsp3) is 0.176. The van der Waals surface area contributed by atoms with E-state index in [1.807, 2.05) is 0 Å². The third kappa shape index (κ3) is 3.80. The summed E-state index contributed by atoms with van der Waals surface area (Å²) in [6.45, 7) is 3.03. The second-order valence-corrected chi connectivity index (χ2v) is 6.87. The topological polar surface area (TPSA) is 89.5 Å². The van der Waals surface area contributed by atoms with Crippen LogP contribution in [0, 0.1) is 6.92 Å². The number of hydrogen-bond acceptors (Lipinski definition) is 5. The minimum Gasteiger partial charge on any atom is -0.465 e. The number of aryl methyl sites for hydroxylation is 1. The number of carbonyl (C=O) groups is 2. The number of hydrogen-bond donors (Lipinski definition) is 1. The van der Waals surface area contributed by atoms with E-state index in [0.717, 1.165) is 0 Å². The lowest BCUT2D eigenvalue weighted by Gasteiger charge is -2.12. The maximum absolute atomic E-state index is 12.6. The lowest BCUT2D eigenvalue weighted by Crippen LogP contribution is -2.15. The Morgan fingerprint density at radius 1 is 1.04 bits per heavy atom. The van der Waals surface area contributed by atoms with Gasteiger partial charge in [-0.1, -0.05) is 18.2 Å². The zero-order valence-corrected chi connectivity index (χ0v) is 14.3. The van der Waals surface area contributed by atoms with Gasteiger partial charge in [-0.2, -0.15) is 0 Å². The molecular formula is C17H17NO5S. The van der Waals surface area contributed by atoms with Crippen LogP contribution in [0.25, 0.3) is 0 Å². The smallest absolute Gasteiger partial charge is 0.337 e. The summed E-state index contributed by atoms with van der Waals surface area (Å²) >= 11 is 0. The Hall–Kier alpha value is -2.67. The number of ketones is 1. The Kier molecular flexibility index (Phi) is 5.04. The number of rotatable bonds is 5. The van der Waals surface area contributed by atoms with Crippen LogP contribution >= 0.6 is 0 Å². The molecule has 1 N–H and O–H groups in total. The first-order valence-corrected chi connectivity index (χ1v) is 8.55. The van der Waals surface area contributed by atoms with Crippen LogP contribution in [-0.4, -0.2) is 27.3 Å². The Labute approximate surface area is 140 Å². The first kappa shape index (κ1) is 17.7. The Balaban J connectivity index is 2.42. The van der Waals surface area contributed by atoms with Gasteiger partial charge in [-0.15, -0.1) is 0 Å². The average molecular weight is 347 g/mol. The van der Waals surface area contributed by atoms with Crippen molar-refractivity contribution < 1.29 is 22.7 Å². The molecule has 0 saturated carbocycles. The van der Waals surface area contributed by atoms with Crippen LogP contribution in [0.2, 0.25) is 0 Å². The second-order valence-electron chi connectivity index (χ2n) is 5.21. The van der Waals surface area contributed by atoms with Gasteiger partial charge in [-0.25, -0.2) is 13.2 Å². The molecule has 0 bridgehead atoms. The molecule has 2 rings (SSSR count). The van der Waals surface area contributed by atoms with Crippen LogP contribution in [0.5, 0.6) is 0 Å². The predicted molar refractivity (Wildman–Crippen MR) is 89.8 cm³/mol. The van der Waals surface area contributed by atoms with Gasteiger partial charge >= 0.3 is 5.97 Å². The van der Waals surface area contributed by atoms with Crippen LogP contribution in [0.1, 0.15) is 33.2 Å². The lowest BCUT2D eigenvalue weighted by atomic mass is 10.1. The number of Topliss-reactive ketones (excluding diaryl/α,β-unsaturated/α-hetero) is 1.